The Morgan fingerprint density at radius 3 is 2.54 bits per heavy atom. The SMILES string of the molecule is Cc1cc([C@@H](C)Nc2ccc(Cl)nc2N2CC(N3CCOCC3)C2)c2oc(-c3ccccc3)c(C)c(=O)c2c1. The summed E-state index contributed by atoms with van der Waals surface area (Å²) in [5.41, 5.74) is 4.94. The molecule has 0 unspecified atom stereocenters. The molecule has 4 heterocycles. The van der Waals surface area contributed by atoms with Crippen LogP contribution in [0.2, 0.25) is 5.15 Å². The largest absolute Gasteiger partial charge is 0.455 e. The molecule has 0 aliphatic carbocycles. The Morgan fingerprint density at radius 2 is 1.79 bits per heavy atom. The van der Waals surface area contributed by atoms with Crippen molar-refractivity contribution < 1.29 is 9.15 Å². The molecule has 39 heavy (non-hydrogen) atoms. The zero-order chi connectivity index (χ0) is 27.1. The van der Waals surface area contributed by atoms with E-state index in [4.69, 9.17) is 25.7 Å². The maximum Gasteiger partial charge on any atom is 0.196 e. The van der Waals surface area contributed by atoms with Crippen LogP contribution in [0.5, 0.6) is 0 Å². The van der Waals surface area contributed by atoms with Crippen molar-refractivity contribution in [3.63, 3.8) is 0 Å². The fourth-order valence-electron chi connectivity index (χ4n) is 5.65. The highest BCUT2D eigenvalue weighted by Gasteiger charge is 2.34. The molecule has 202 valence electrons. The number of fused-ring (bicyclic) bond motifs is 1. The van der Waals surface area contributed by atoms with Gasteiger partial charge < -0.3 is 19.4 Å². The van der Waals surface area contributed by atoms with E-state index in [-0.39, 0.29) is 11.5 Å². The Bertz CT molecular complexity index is 1560. The van der Waals surface area contributed by atoms with E-state index in [1.807, 2.05) is 62.4 Å². The van der Waals surface area contributed by atoms with Crippen LogP contribution >= 0.6 is 11.6 Å². The topological polar surface area (TPSA) is 70.8 Å². The summed E-state index contributed by atoms with van der Waals surface area (Å²) < 4.78 is 12.0. The van der Waals surface area contributed by atoms with Gasteiger partial charge in [-0.2, -0.15) is 0 Å². The molecule has 0 spiro atoms. The van der Waals surface area contributed by atoms with E-state index in [0.717, 1.165) is 67.6 Å². The molecule has 2 aromatic heterocycles. The van der Waals surface area contributed by atoms with Crippen LogP contribution in [0.3, 0.4) is 0 Å². The van der Waals surface area contributed by atoms with Crippen LogP contribution in [0.15, 0.2) is 63.8 Å². The molecule has 0 radical (unpaired) electrons. The van der Waals surface area contributed by atoms with Gasteiger partial charge in [0.15, 0.2) is 11.2 Å². The Morgan fingerprint density at radius 1 is 1.05 bits per heavy atom. The molecule has 2 aromatic carbocycles. The fourth-order valence-corrected chi connectivity index (χ4v) is 5.79. The van der Waals surface area contributed by atoms with Crippen LogP contribution in [0, 0.1) is 13.8 Å². The summed E-state index contributed by atoms with van der Waals surface area (Å²) in [6.07, 6.45) is 0. The molecule has 1 N–H and O–H groups in total. The third-order valence-electron chi connectivity index (χ3n) is 7.83. The smallest absolute Gasteiger partial charge is 0.196 e. The summed E-state index contributed by atoms with van der Waals surface area (Å²) in [4.78, 5) is 22.9. The zero-order valence-electron chi connectivity index (χ0n) is 22.5. The normalized spacial score (nSPS) is 17.3. The van der Waals surface area contributed by atoms with Crippen molar-refractivity contribution in [3.05, 3.63) is 86.7 Å². The van der Waals surface area contributed by atoms with E-state index in [1.54, 1.807) is 0 Å². The molecule has 2 fully saturated rings. The standard InChI is InChI=1S/C31H33ClN4O3/c1-19-15-24(30-25(16-19)28(37)20(2)29(39-30)22-7-5-4-6-8-22)21(3)33-26-9-10-27(32)34-31(26)36-17-23(18-36)35-11-13-38-14-12-35/h4-10,15-16,21,23,33H,11-14,17-18H2,1-3H3/t21-/m1/s1. The summed E-state index contributed by atoms with van der Waals surface area (Å²) in [7, 11) is 0. The predicted molar refractivity (Wildman–Crippen MR) is 157 cm³/mol. The van der Waals surface area contributed by atoms with Crippen molar-refractivity contribution in [3.8, 4) is 11.3 Å². The van der Waals surface area contributed by atoms with Crippen molar-refractivity contribution in [1.29, 1.82) is 0 Å². The van der Waals surface area contributed by atoms with Gasteiger partial charge in [0.2, 0.25) is 0 Å². The van der Waals surface area contributed by atoms with Gasteiger partial charge in [0.1, 0.15) is 16.5 Å². The average Bonchev–Trinajstić information content (AvgIpc) is 2.92. The number of anilines is 2. The number of aryl methyl sites for hydroxylation is 1. The number of hydrogen-bond donors (Lipinski definition) is 1. The number of benzene rings is 2. The highest BCUT2D eigenvalue weighted by molar-refractivity contribution is 6.29. The van der Waals surface area contributed by atoms with E-state index in [9.17, 15) is 4.79 Å². The van der Waals surface area contributed by atoms with Crippen molar-refractivity contribution >= 4 is 34.1 Å². The van der Waals surface area contributed by atoms with Crippen molar-refractivity contribution in [1.82, 2.24) is 9.88 Å². The zero-order valence-corrected chi connectivity index (χ0v) is 23.3. The lowest BCUT2D eigenvalue weighted by atomic mass is 9.98. The van der Waals surface area contributed by atoms with Gasteiger partial charge in [0.05, 0.1) is 30.3 Å². The molecule has 7 nitrogen and oxygen atoms in total. The quantitative estimate of drug-likeness (QED) is 0.307. The maximum absolute atomic E-state index is 13.5. The molecule has 8 heteroatoms. The summed E-state index contributed by atoms with van der Waals surface area (Å²) in [6, 6.07) is 17.9. The first-order chi connectivity index (χ1) is 18.9. The lowest BCUT2D eigenvalue weighted by molar-refractivity contribution is 0.0104. The minimum absolute atomic E-state index is 0.00386. The van der Waals surface area contributed by atoms with Crippen LogP contribution in [0.4, 0.5) is 11.5 Å². The first-order valence-corrected chi connectivity index (χ1v) is 13.9. The lowest BCUT2D eigenvalue weighted by Crippen LogP contribution is -2.61. The van der Waals surface area contributed by atoms with Gasteiger partial charge >= 0.3 is 0 Å². The third-order valence-corrected chi connectivity index (χ3v) is 8.04. The average molecular weight is 545 g/mol. The van der Waals surface area contributed by atoms with Crippen LogP contribution in [0.1, 0.15) is 29.7 Å². The summed E-state index contributed by atoms with van der Waals surface area (Å²) in [6.45, 7) is 11.3. The van der Waals surface area contributed by atoms with Gasteiger partial charge in [-0.05, 0) is 44.5 Å². The Labute approximate surface area is 233 Å². The molecule has 2 aliphatic rings. The maximum atomic E-state index is 13.5. The Balaban J connectivity index is 1.33. The van der Waals surface area contributed by atoms with Crippen LogP contribution < -0.4 is 15.6 Å². The minimum atomic E-state index is -0.153. The Hall–Kier alpha value is -3.39. The highest BCUT2D eigenvalue weighted by atomic mass is 35.5. The van der Waals surface area contributed by atoms with Crippen LogP contribution in [-0.2, 0) is 4.74 Å². The number of aromatic nitrogens is 1. The van der Waals surface area contributed by atoms with Gasteiger partial charge in [-0.3, -0.25) is 9.69 Å². The molecule has 0 bridgehead atoms. The monoisotopic (exact) mass is 544 g/mol. The lowest BCUT2D eigenvalue weighted by Gasteiger charge is -2.47. The molecule has 1 atom stereocenters. The number of morpholine rings is 1. The van der Waals surface area contributed by atoms with E-state index in [1.165, 1.54) is 0 Å². The predicted octanol–water partition coefficient (Wildman–Crippen LogP) is 5.82. The minimum Gasteiger partial charge on any atom is -0.455 e. The summed E-state index contributed by atoms with van der Waals surface area (Å²) in [5.74, 6) is 1.45. The number of pyridine rings is 1. The second kappa shape index (κ2) is 10.6. The number of nitrogens with one attached hydrogen (secondary N) is 1. The molecule has 4 aromatic rings. The van der Waals surface area contributed by atoms with Crippen molar-refractivity contribution in [2.45, 2.75) is 32.9 Å². The molecule has 0 saturated carbocycles. The number of halogens is 1. The summed E-state index contributed by atoms with van der Waals surface area (Å²) >= 11 is 6.35. The summed E-state index contributed by atoms with van der Waals surface area (Å²) in [5, 5.41) is 4.72. The number of nitrogens with zero attached hydrogens (tertiary/aromatic N) is 3. The molecule has 2 aliphatic heterocycles. The van der Waals surface area contributed by atoms with Gasteiger partial charge in [0, 0.05) is 48.9 Å². The van der Waals surface area contributed by atoms with Gasteiger partial charge in [0.25, 0.3) is 0 Å². The second-order valence-corrected chi connectivity index (χ2v) is 10.9. The molecular formula is C31H33ClN4O3. The van der Waals surface area contributed by atoms with E-state index < -0.39 is 0 Å². The van der Waals surface area contributed by atoms with E-state index in [0.29, 0.717) is 33.5 Å². The molecule has 2 saturated heterocycles. The van der Waals surface area contributed by atoms with Crippen LogP contribution in [-0.4, -0.2) is 55.3 Å². The number of rotatable bonds is 6. The van der Waals surface area contributed by atoms with Gasteiger partial charge in [-0.1, -0.05) is 48.0 Å². The second-order valence-electron chi connectivity index (χ2n) is 10.6. The number of ether oxygens (including phenoxy) is 1. The fraction of sp³-hybridized carbons (Fsp3) is 0.355. The third kappa shape index (κ3) is 5.02. The van der Waals surface area contributed by atoms with E-state index >= 15 is 0 Å². The first kappa shape index (κ1) is 25.9. The van der Waals surface area contributed by atoms with Crippen molar-refractivity contribution in [2.75, 3.05) is 49.6 Å². The van der Waals surface area contributed by atoms with E-state index in [2.05, 4.69) is 28.1 Å². The molecular weight excluding hydrogens is 512 g/mol. The Kier molecular flexibility index (Phi) is 7.06. The molecule has 6 rings (SSSR count). The molecule has 0 amide bonds. The van der Waals surface area contributed by atoms with Gasteiger partial charge in [-0.25, -0.2) is 4.98 Å². The first-order valence-electron chi connectivity index (χ1n) is 13.5. The van der Waals surface area contributed by atoms with Crippen molar-refractivity contribution in [2.24, 2.45) is 0 Å². The number of hydrogen-bond acceptors (Lipinski definition) is 7. The highest BCUT2D eigenvalue weighted by Crippen LogP contribution is 2.36. The van der Waals surface area contributed by atoms with Gasteiger partial charge in [-0.15, -0.1) is 0 Å². The van der Waals surface area contributed by atoms with Crippen LogP contribution in [0.25, 0.3) is 22.3 Å².